The van der Waals surface area contributed by atoms with Gasteiger partial charge in [-0.3, -0.25) is 0 Å². The van der Waals surface area contributed by atoms with Gasteiger partial charge in [-0.05, 0) is 0 Å². The van der Waals surface area contributed by atoms with Gasteiger partial charge in [-0.1, -0.05) is 0 Å². The SMILES string of the molecule is Cc1ccc2c(ccn3nc(C[PH](c4ccccc4)(c4ccccc4)c4ccccc4)cc23)n1. The summed E-state index contributed by atoms with van der Waals surface area (Å²) in [6.07, 6.45) is 2.91. The van der Waals surface area contributed by atoms with E-state index in [1.54, 1.807) is 0 Å². The molecule has 6 rings (SSSR count). The third-order valence-electron chi connectivity index (χ3n) is 6.75. The van der Waals surface area contributed by atoms with Crippen molar-refractivity contribution < 1.29 is 0 Å². The summed E-state index contributed by atoms with van der Waals surface area (Å²) < 4.78 is 2.01. The Kier molecular flexibility index (Phi) is 5.20. The first-order chi connectivity index (χ1) is 16.7. The molecule has 6 aromatic rings. The van der Waals surface area contributed by atoms with Crippen LogP contribution < -0.4 is 15.9 Å². The van der Waals surface area contributed by atoms with Crippen molar-refractivity contribution >= 4 is 39.6 Å². The first-order valence-electron chi connectivity index (χ1n) is 11.7. The van der Waals surface area contributed by atoms with Crippen molar-refractivity contribution in [3.63, 3.8) is 0 Å². The minimum atomic E-state index is -2.40. The zero-order valence-electron chi connectivity index (χ0n) is 19.1. The maximum atomic E-state index is 5.07. The zero-order chi connectivity index (χ0) is 23.0. The quantitative estimate of drug-likeness (QED) is 0.323. The molecular formula is C30H26N3P. The van der Waals surface area contributed by atoms with E-state index in [0.29, 0.717) is 0 Å². The van der Waals surface area contributed by atoms with Gasteiger partial charge >= 0.3 is 200 Å². The molecule has 3 nitrogen and oxygen atoms in total. The number of rotatable bonds is 5. The Balaban J connectivity index is 1.60. The molecule has 0 fully saturated rings. The molecule has 0 aliphatic heterocycles. The molecule has 3 aromatic heterocycles. The van der Waals surface area contributed by atoms with Crippen LogP contribution in [-0.4, -0.2) is 14.6 Å². The first-order valence-corrected chi connectivity index (χ1v) is 13.9. The van der Waals surface area contributed by atoms with Gasteiger partial charge in [0, 0.05) is 0 Å². The molecule has 4 heteroatoms. The number of hydrogen-bond donors (Lipinski definition) is 0. The van der Waals surface area contributed by atoms with Crippen molar-refractivity contribution in [2.45, 2.75) is 13.1 Å². The van der Waals surface area contributed by atoms with Gasteiger partial charge < -0.3 is 0 Å². The van der Waals surface area contributed by atoms with Crippen molar-refractivity contribution in [2.75, 3.05) is 0 Å². The maximum absolute atomic E-state index is 5.07. The van der Waals surface area contributed by atoms with E-state index in [-0.39, 0.29) is 0 Å². The van der Waals surface area contributed by atoms with E-state index in [1.807, 2.05) is 17.6 Å². The standard InChI is InChI=1S/C30H26N3P/c1-23-17-18-28-29(31-23)19-20-33-30(28)21-24(32-33)22-34(25-11-5-2-6-12-25,26-13-7-3-8-14-26)27-15-9-4-10-16-27/h2-21,34H,22H2,1H3. The Morgan fingerprint density at radius 2 is 1.24 bits per heavy atom. The van der Waals surface area contributed by atoms with Crippen LogP contribution in [0.1, 0.15) is 11.4 Å². The van der Waals surface area contributed by atoms with Crippen LogP contribution in [0.15, 0.2) is 121 Å². The molecule has 166 valence electrons. The van der Waals surface area contributed by atoms with Gasteiger partial charge in [0.2, 0.25) is 0 Å². The molecule has 3 heterocycles. The average Bonchev–Trinajstić information content (AvgIpc) is 3.31. The molecule has 34 heavy (non-hydrogen) atoms. The van der Waals surface area contributed by atoms with Crippen LogP contribution >= 0.6 is 7.26 Å². The fourth-order valence-corrected chi connectivity index (χ4v) is 9.77. The molecule has 0 N–H and O–H groups in total. The van der Waals surface area contributed by atoms with Crippen LogP contribution in [0.2, 0.25) is 0 Å². The molecule has 0 aliphatic rings. The Morgan fingerprint density at radius 1 is 0.676 bits per heavy atom. The van der Waals surface area contributed by atoms with Gasteiger partial charge in [0.25, 0.3) is 0 Å². The second kappa shape index (κ2) is 8.52. The third-order valence-corrected chi connectivity index (χ3v) is 11.6. The van der Waals surface area contributed by atoms with Crippen LogP contribution in [0.25, 0.3) is 16.4 Å². The van der Waals surface area contributed by atoms with E-state index in [2.05, 4.69) is 115 Å². The number of aromatic nitrogens is 3. The topological polar surface area (TPSA) is 30.2 Å². The fraction of sp³-hybridized carbons (Fsp3) is 0.0667. The summed E-state index contributed by atoms with van der Waals surface area (Å²) >= 11 is 0. The summed E-state index contributed by atoms with van der Waals surface area (Å²) in [5.41, 5.74) is 4.25. The predicted octanol–water partition coefficient (Wildman–Crippen LogP) is 5.42. The molecular weight excluding hydrogens is 433 g/mol. The molecule has 0 aliphatic carbocycles. The predicted molar refractivity (Wildman–Crippen MR) is 145 cm³/mol. The molecule has 0 unspecified atom stereocenters. The summed E-state index contributed by atoms with van der Waals surface area (Å²) in [7, 11) is -2.40. The minimum absolute atomic E-state index is 0.882. The Labute approximate surface area is 200 Å². The molecule has 3 aromatic carbocycles. The van der Waals surface area contributed by atoms with E-state index in [4.69, 9.17) is 10.1 Å². The average molecular weight is 460 g/mol. The van der Waals surface area contributed by atoms with Crippen LogP contribution in [0, 0.1) is 6.92 Å². The van der Waals surface area contributed by atoms with Gasteiger partial charge in [0.05, 0.1) is 0 Å². The van der Waals surface area contributed by atoms with Crippen molar-refractivity contribution in [1.29, 1.82) is 0 Å². The molecule has 0 amide bonds. The number of nitrogens with zero attached hydrogens (tertiary/aromatic N) is 3. The Hall–Kier alpha value is -3.81. The number of fused-ring (bicyclic) bond motifs is 3. The first kappa shape index (κ1) is 20.8. The Morgan fingerprint density at radius 3 is 1.79 bits per heavy atom. The van der Waals surface area contributed by atoms with E-state index >= 15 is 0 Å². The summed E-state index contributed by atoms with van der Waals surface area (Å²) in [5.74, 6) is 0. The van der Waals surface area contributed by atoms with Gasteiger partial charge in [0.1, 0.15) is 0 Å². The molecule has 0 radical (unpaired) electrons. The van der Waals surface area contributed by atoms with E-state index in [0.717, 1.165) is 34.0 Å². The molecule has 0 saturated carbocycles. The van der Waals surface area contributed by atoms with E-state index < -0.39 is 7.26 Å². The molecule has 0 bridgehead atoms. The van der Waals surface area contributed by atoms with Crippen molar-refractivity contribution in [2.24, 2.45) is 0 Å². The molecule has 0 atom stereocenters. The van der Waals surface area contributed by atoms with Crippen LogP contribution in [0.4, 0.5) is 0 Å². The number of benzene rings is 3. The monoisotopic (exact) mass is 459 g/mol. The van der Waals surface area contributed by atoms with Gasteiger partial charge in [-0.15, -0.1) is 0 Å². The molecule has 0 spiro atoms. The number of hydrogen-bond acceptors (Lipinski definition) is 2. The number of aryl methyl sites for hydroxylation is 1. The second-order valence-electron chi connectivity index (χ2n) is 8.85. The zero-order valence-corrected chi connectivity index (χ0v) is 20.1. The Bertz CT molecular complexity index is 1480. The second-order valence-corrected chi connectivity index (χ2v) is 12.7. The van der Waals surface area contributed by atoms with Crippen LogP contribution in [0.3, 0.4) is 0 Å². The van der Waals surface area contributed by atoms with Crippen molar-refractivity contribution in [3.8, 4) is 0 Å². The van der Waals surface area contributed by atoms with Gasteiger partial charge in [-0.25, -0.2) is 0 Å². The van der Waals surface area contributed by atoms with Gasteiger partial charge in [0.15, 0.2) is 0 Å². The van der Waals surface area contributed by atoms with Crippen LogP contribution in [-0.2, 0) is 6.16 Å². The van der Waals surface area contributed by atoms with E-state index in [1.165, 1.54) is 15.9 Å². The van der Waals surface area contributed by atoms with Crippen molar-refractivity contribution in [1.82, 2.24) is 14.6 Å². The fourth-order valence-electron chi connectivity index (χ4n) is 5.15. The summed E-state index contributed by atoms with van der Waals surface area (Å²) in [6.45, 7) is 2.03. The molecule has 0 saturated heterocycles. The van der Waals surface area contributed by atoms with E-state index in [9.17, 15) is 0 Å². The summed E-state index contributed by atoms with van der Waals surface area (Å²) in [6, 6.07) is 41.6. The normalized spacial score (nSPS) is 12.3. The van der Waals surface area contributed by atoms with Gasteiger partial charge in [-0.2, -0.15) is 0 Å². The van der Waals surface area contributed by atoms with Crippen molar-refractivity contribution in [3.05, 3.63) is 133 Å². The van der Waals surface area contributed by atoms with Crippen LogP contribution in [0.5, 0.6) is 0 Å². The number of pyridine rings is 2. The third kappa shape index (κ3) is 3.50. The summed E-state index contributed by atoms with van der Waals surface area (Å²) in [4.78, 5) is 4.72. The summed E-state index contributed by atoms with van der Waals surface area (Å²) in [5, 5.41) is 10.4.